The van der Waals surface area contributed by atoms with Crippen molar-refractivity contribution in [2.75, 3.05) is 26.2 Å². The predicted molar refractivity (Wildman–Crippen MR) is 74.3 cm³/mol. The highest BCUT2D eigenvalue weighted by molar-refractivity contribution is 5.78. The Bertz CT molecular complexity index is 259. The molecule has 1 aliphatic heterocycles. The Labute approximate surface area is 106 Å². The molecule has 0 aromatic carbocycles. The van der Waals surface area contributed by atoms with Gasteiger partial charge >= 0.3 is 0 Å². The fourth-order valence-corrected chi connectivity index (χ4v) is 2.06. The Hall–Kier alpha value is -0.770. The average Bonchev–Trinajstić information content (AvgIpc) is 2.26. The Morgan fingerprint density at radius 1 is 1.24 bits per heavy atom. The van der Waals surface area contributed by atoms with Gasteiger partial charge in [-0.15, -0.1) is 0 Å². The molecule has 0 radical (unpaired) electrons. The lowest BCUT2D eigenvalue weighted by atomic mass is 10.1. The molecule has 1 aliphatic rings. The third-order valence-electron chi connectivity index (χ3n) is 3.30. The van der Waals surface area contributed by atoms with Crippen LogP contribution in [-0.4, -0.2) is 53.5 Å². The topological polar surface area (TPSA) is 44.9 Å². The van der Waals surface area contributed by atoms with E-state index in [2.05, 4.69) is 49.4 Å². The lowest BCUT2D eigenvalue weighted by Gasteiger charge is -2.38. The summed E-state index contributed by atoms with van der Waals surface area (Å²) in [4.78, 5) is 9.25. The van der Waals surface area contributed by atoms with Gasteiger partial charge in [0.1, 0.15) is 0 Å². The van der Waals surface area contributed by atoms with Gasteiger partial charge in [-0.25, -0.2) is 4.99 Å². The lowest BCUT2D eigenvalue weighted by molar-refractivity contribution is 0.136. The van der Waals surface area contributed by atoms with Gasteiger partial charge in [-0.3, -0.25) is 4.90 Å². The van der Waals surface area contributed by atoms with Crippen molar-refractivity contribution in [3.63, 3.8) is 0 Å². The van der Waals surface area contributed by atoms with E-state index in [1.807, 2.05) is 0 Å². The molecule has 0 aromatic heterocycles. The van der Waals surface area contributed by atoms with Gasteiger partial charge in [0.2, 0.25) is 0 Å². The fourth-order valence-electron chi connectivity index (χ4n) is 2.06. The maximum Gasteiger partial charge on any atom is 0.191 e. The summed E-state index contributed by atoms with van der Waals surface area (Å²) in [5.74, 6) is 0.696. The summed E-state index contributed by atoms with van der Waals surface area (Å²) in [6.45, 7) is 14.9. The highest BCUT2D eigenvalue weighted by atomic mass is 15.3. The Kier molecular flexibility index (Phi) is 4.80. The molecule has 0 saturated carbocycles. The van der Waals surface area contributed by atoms with Crippen molar-refractivity contribution in [3.8, 4) is 0 Å². The molecule has 17 heavy (non-hydrogen) atoms. The molecule has 100 valence electrons. The first-order valence-corrected chi connectivity index (χ1v) is 6.68. The fraction of sp³-hybridized carbons (Fsp3) is 0.923. The molecule has 1 fully saturated rings. The van der Waals surface area contributed by atoms with Gasteiger partial charge in [0.25, 0.3) is 0 Å². The van der Waals surface area contributed by atoms with Crippen LogP contribution >= 0.6 is 0 Å². The number of hydrogen-bond donors (Lipinski definition) is 1. The van der Waals surface area contributed by atoms with Gasteiger partial charge in [0, 0.05) is 32.2 Å². The highest BCUT2D eigenvalue weighted by Gasteiger charge is 2.22. The highest BCUT2D eigenvalue weighted by Crippen LogP contribution is 2.11. The largest absolute Gasteiger partial charge is 0.370 e. The first kappa shape index (κ1) is 14.3. The Morgan fingerprint density at radius 2 is 1.76 bits per heavy atom. The van der Waals surface area contributed by atoms with Crippen LogP contribution in [0.4, 0.5) is 0 Å². The smallest absolute Gasteiger partial charge is 0.191 e. The molecule has 2 N–H and O–H groups in total. The minimum Gasteiger partial charge on any atom is -0.370 e. The molecule has 1 atom stereocenters. The number of piperazine rings is 1. The van der Waals surface area contributed by atoms with E-state index in [1.165, 1.54) is 6.42 Å². The van der Waals surface area contributed by atoms with E-state index in [0.717, 1.165) is 26.2 Å². The zero-order valence-corrected chi connectivity index (χ0v) is 12.0. The molecule has 0 aromatic rings. The molecule has 1 unspecified atom stereocenters. The summed E-state index contributed by atoms with van der Waals surface area (Å²) >= 11 is 0. The van der Waals surface area contributed by atoms with Gasteiger partial charge in [-0.2, -0.15) is 0 Å². The molecule has 1 heterocycles. The first-order chi connectivity index (χ1) is 7.83. The molecule has 0 bridgehead atoms. The van der Waals surface area contributed by atoms with E-state index in [4.69, 9.17) is 5.73 Å². The Balaban J connectivity index is 2.50. The van der Waals surface area contributed by atoms with Crippen LogP contribution in [-0.2, 0) is 0 Å². The van der Waals surface area contributed by atoms with Crippen molar-refractivity contribution < 1.29 is 0 Å². The number of guanidine groups is 1. The van der Waals surface area contributed by atoms with Crippen molar-refractivity contribution in [1.29, 1.82) is 0 Å². The number of hydrogen-bond acceptors (Lipinski definition) is 2. The van der Waals surface area contributed by atoms with E-state index in [1.54, 1.807) is 0 Å². The molecule has 1 saturated heterocycles. The Morgan fingerprint density at radius 3 is 2.18 bits per heavy atom. The van der Waals surface area contributed by atoms with Crippen LogP contribution in [0.1, 0.15) is 41.0 Å². The third kappa shape index (κ3) is 4.54. The molecule has 4 heteroatoms. The molecule has 4 nitrogen and oxygen atoms in total. The van der Waals surface area contributed by atoms with E-state index < -0.39 is 0 Å². The number of nitrogens with two attached hydrogens (primary N) is 1. The van der Waals surface area contributed by atoms with Gasteiger partial charge in [0.05, 0.1) is 5.54 Å². The van der Waals surface area contributed by atoms with Crippen LogP contribution < -0.4 is 5.73 Å². The first-order valence-electron chi connectivity index (χ1n) is 6.68. The summed E-state index contributed by atoms with van der Waals surface area (Å²) in [7, 11) is 0. The minimum absolute atomic E-state index is 0.0854. The summed E-state index contributed by atoms with van der Waals surface area (Å²) in [5.41, 5.74) is 5.96. The van der Waals surface area contributed by atoms with Crippen molar-refractivity contribution in [1.82, 2.24) is 9.80 Å². The van der Waals surface area contributed by atoms with Crippen molar-refractivity contribution in [3.05, 3.63) is 0 Å². The summed E-state index contributed by atoms with van der Waals surface area (Å²) in [5, 5.41) is 0. The van der Waals surface area contributed by atoms with Crippen molar-refractivity contribution >= 4 is 5.96 Å². The van der Waals surface area contributed by atoms with Crippen LogP contribution in [0.2, 0.25) is 0 Å². The summed E-state index contributed by atoms with van der Waals surface area (Å²) in [6.07, 6.45) is 1.21. The monoisotopic (exact) mass is 240 g/mol. The van der Waals surface area contributed by atoms with E-state index in [-0.39, 0.29) is 5.54 Å². The number of rotatable bonds is 2. The molecule has 1 rings (SSSR count). The second-order valence-electron chi connectivity index (χ2n) is 5.92. The molecular formula is C13H28N4. The van der Waals surface area contributed by atoms with Crippen molar-refractivity contribution in [2.24, 2.45) is 10.7 Å². The van der Waals surface area contributed by atoms with E-state index in [9.17, 15) is 0 Å². The zero-order valence-electron chi connectivity index (χ0n) is 12.0. The minimum atomic E-state index is -0.0854. The number of aliphatic imine (C=N–C) groups is 1. The molecule has 0 amide bonds. The summed E-state index contributed by atoms with van der Waals surface area (Å²) in [6, 6.07) is 0.679. The van der Waals surface area contributed by atoms with Crippen LogP contribution in [0.5, 0.6) is 0 Å². The van der Waals surface area contributed by atoms with Crippen molar-refractivity contribution in [2.45, 2.75) is 52.6 Å². The van der Waals surface area contributed by atoms with Gasteiger partial charge < -0.3 is 10.6 Å². The maximum atomic E-state index is 6.05. The van der Waals surface area contributed by atoms with Crippen LogP contribution in [0.15, 0.2) is 4.99 Å². The lowest BCUT2D eigenvalue weighted by Crippen LogP contribution is -2.53. The van der Waals surface area contributed by atoms with Gasteiger partial charge in [0.15, 0.2) is 5.96 Å². The quantitative estimate of drug-likeness (QED) is 0.588. The van der Waals surface area contributed by atoms with Gasteiger partial charge in [-0.1, -0.05) is 6.92 Å². The molecular weight excluding hydrogens is 212 g/mol. The van der Waals surface area contributed by atoms with Crippen LogP contribution in [0.25, 0.3) is 0 Å². The van der Waals surface area contributed by atoms with Gasteiger partial charge in [-0.05, 0) is 34.1 Å². The van der Waals surface area contributed by atoms with E-state index >= 15 is 0 Å². The van der Waals surface area contributed by atoms with Crippen LogP contribution in [0.3, 0.4) is 0 Å². The van der Waals surface area contributed by atoms with E-state index in [0.29, 0.717) is 12.0 Å². The predicted octanol–water partition coefficient (Wildman–Crippen LogP) is 1.52. The SMILES string of the molecule is CCC(C)N1CCN(C(N)=NC(C)(C)C)CC1. The standard InChI is InChI=1S/C13H28N4/c1-6-11(2)16-7-9-17(10-8-16)12(14)15-13(3,4)5/h11H,6-10H2,1-5H3,(H2,14,15). The number of nitrogens with zero attached hydrogens (tertiary/aromatic N) is 3. The maximum absolute atomic E-state index is 6.05. The average molecular weight is 240 g/mol. The third-order valence-corrected chi connectivity index (χ3v) is 3.30. The second-order valence-corrected chi connectivity index (χ2v) is 5.92. The summed E-state index contributed by atoms with van der Waals surface area (Å²) < 4.78 is 0. The molecule has 0 spiro atoms. The zero-order chi connectivity index (χ0) is 13.1. The molecule has 0 aliphatic carbocycles. The normalized spacial score (nSPS) is 21.7. The van der Waals surface area contributed by atoms with Crippen LogP contribution in [0, 0.1) is 0 Å². The second kappa shape index (κ2) is 5.71.